The number of methoxy groups -OCH3 is 1. The predicted octanol–water partition coefficient (Wildman–Crippen LogP) is 1.45. The molecule has 1 spiro atoms. The van der Waals surface area contributed by atoms with Crippen molar-refractivity contribution in [1.82, 2.24) is 15.5 Å². The van der Waals surface area contributed by atoms with Crippen LogP contribution in [0.3, 0.4) is 0 Å². The Morgan fingerprint density at radius 2 is 2.09 bits per heavy atom. The van der Waals surface area contributed by atoms with E-state index in [1.807, 2.05) is 0 Å². The van der Waals surface area contributed by atoms with Crippen molar-refractivity contribution < 1.29 is 9.53 Å². The molecule has 5 nitrogen and oxygen atoms in total. The van der Waals surface area contributed by atoms with Gasteiger partial charge in [-0.15, -0.1) is 24.8 Å². The molecule has 2 aliphatic heterocycles. The normalized spacial score (nSPS) is 28.7. The molecule has 1 amide bonds. The molecule has 0 bridgehead atoms. The molecule has 1 aliphatic carbocycles. The minimum absolute atomic E-state index is 0. The SMILES string of the molecule is COCCN1CCCC1CNC(=O)C1CC12CCNCC2.Cl.Cl. The van der Waals surface area contributed by atoms with Crippen LogP contribution in [0.2, 0.25) is 0 Å². The van der Waals surface area contributed by atoms with Crippen LogP contribution in [0.25, 0.3) is 0 Å². The van der Waals surface area contributed by atoms with E-state index in [9.17, 15) is 4.79 Å². The van der Waals surface area contributed by atoms with Crippen LogP contribution in [0.15, 0.2) is 0 Å². The van der Waals surface area contributed by atoms with E-state index >= 15 is 0 Å². The van der Waals surface area contributed by atoms with Gasteiger partial charge in [-0.3, -0.25) is 9.69 Å². The van der Waals surface area contributed by atoms with Gasteiger partial charge in [-0.2, -0.15) is 0 Å². The zero-order valence-electron chi connectivity index (χ0n) is 14.0. The van der Waals surface area contributed by atoms with E-state index in [0.29, 0.717) is 17.4 Å². The summed E-state index contributed by atoms with van der Waals surface area (Å²) in [6, 6.07) is 0.506. The topological polar surface area (TPSA) is 53.6 Å². The summed E-state index contributed by atoms with van der Waals surface area (Å²) >= 11 is 0. The Balaban J connectivity index is 0.00000132. The first kappa shape index (κ1) is 21.0. The molecule has 136 valence electrons. The summed E-state index contributed by atoms with van der Waals surface area (Å²) in [7, 11) is 1.75. The van der Waals surface area contributed by atoms with Crippen LogP contribution in [0.1, 0.15) is 32.1 Å². The van der Waals surface area contributed by atoms with E-state index in [2.05, 4.69) is 15.5 Å². The predicted molar refractivity (Wildman–Crippen MR) is 96.6 cm³/mol. The molecule has 0 radical (unpaired) electrons. The Kier molecular flexibility index (Phi) is 8.59. The second-order valence-electron chi connectivity index (χ2n) is 6.94. The number of nitrogens with zero attached hydrogens (tertiary/aromatic N) is 1. The summed E-state index contributed by atoms with van der Waals surface area (Å²) in [4.78, 5) is 14.8. The number of nitrogens with one attached hydrogen (secondary N) is 2. The highest BCUT2D eigenvalue weighted by Crippen LogP contribution is 2.58. The van der Waals surface area contributed by atoms with Gasteiger partial charge in [0.1, 0.15) is 0 Å². The van der Waals surface area contributed by atoms with Crippen molar-refractivity contribution in [2.24, 2.45) is 11.3 Å². The highest BCUT2D eigenvalue weighted by atomic mass is 35.5. The maximum atomic E-state index is 12.4. The average Bonchev–Trinajstić information content (AvgIpc) is 3.00. The van der Waals surface area contributed by atoms with Gasteiger partial charge in [0.05, 0.1) is 6.61 Å². The van der Waals surface area contributed by atoms with Gasteiger partial charge in [-0.25, -0.2) is 0 Å². The van der Waals surface area contributed by atoms with Gasteiger partial charge in [-0.1, -0.05) is 0 Å². The molecule has 3 fully saturated rings. The Hall–Kier alpha value is -0.0700. The maximum absolute atomic E-state index is 12.4. The smallest absolute Gasteiger partial charge is 0.223 e. The molecule has 2 N–H and O–H groups in total. The van der Waals surface area contributed by atoms with Gasteiger partial charge in [-0.05, 0) is 57.2 Å². The largest absolute Gasteiger partial charge is 0.383 e. The Labute approximate surface area is 152 Å². The summed E-state index contributed by atoms with van der Waals surface area (Å²) in [6.45, 7) is 5.88. The van der Waals surface area contributed by atoms with E-state index in [1.165, 1.54) is 25.7 Å². The molecule has 23 heavy (non-hydrogen) atoms. The van der Waals surface area contributed by atoms with Crippen molar-refractivity contribution >= 4 is 30.7 Å². The first-order valence-corrected chi connectivity index (χ1v) is 8.47. The summed E-state index contributed by atoms with van der Waals surface area (Å²) < 4.78 is 5.17. The minimum Gasteiger partial charge on any atom is -0.383 e. The molecule has 2 saturated heterocycles. The number of carbonyl (C=O) groups is 1. The third kappa shape index (κ3) is 4.95. The maximum Gasteiger partial charge on any atom is 0.223 e. The number of hydrogen-bond acceptors (Lipinski definition) is 4. The summed E-state index contributed by atoms with van der Waals surface area (Å²) in [6.07, 6.45) is 5.90. The van der Waals surface area contributed by atoms with Gasteiger partial charge in [0.15, 0.2) is 0 Å². The number of rotatable bonds is 6. The molecular weight excluding hydrogens is 337 g/mol. The Bertz CT molecular complexity index is 378. The van der Waals surface area contributed by atoms with E-state index in [1.54, 1.807) is 7.11 Å². The van der Waals surface area contributed by atoms with Gasteiger partial charge in [0, 0.05) is 32.2 Å². The van der Waals surface area contributed by atoms with Crippen molar-refractivity contribution in [2.75, 3.05) is 46.4 Å². The lowest BCUT2D eigenvalue weighted by Crippen LogP contribution is -2.42. The van der Waals surface area contributed by atoms with E-state index in [4.69, 9.17) is 4.74 Å². The van der Waals surface area contributed by atoms with Gasteiger partial charge in [0.25, 0.3) is 0 Å². The standard InChI is InChI=1S/C16H29N3O2.2ClH/c1-21-10-9-19-8-2-3-13(19)12-18-15(20)14-11-16(14)4-6-17-7-5-16;;/h13-14,17H,2-12H2,1H3,(H,18,20);2*1H. The molecule has 3 aliphatic rings. The van der Waals surface area contributed by atoms with Crippen molar-refractivity contribution in [3.05, 3.63) is 0 Å². The highest BCUT2D eigenvalue weighted by molar-refractivity contribution is 5.85. The molecule has 2 heterocycles. The molecule has 7 heteroatoms. The third-order valence-corrected chi connectivity index (χ3v) is 5.70. The third-order valence-electron chi connectivity index (χ3n) is 5.70. The number of halogens is 2. The van der Waals surface area contributed by atoms with Crippen LogP contribution in [-0.2, 0) is 9.53 Å². The second kappa shape index (κ2) is 9.42. The summed E-state index contributed by atoms with van der Waals surface area (Å²) in [5, 5.41) is 6.61. The summed E-state index contributed by atoms with van der Waals surface area (Å²) in [5.41, 5.74) is 0.348. The molecule has 2 unspecified atom stereocenters. The molecule has 0 aromatic rings. The van der Waals surface area contributed by atoms with Crippen LogP contribution in [0, 0.1) is 11.3 Å². The molecule has 0 aromatic heterocycles. The number of ether oxygens (including phenoxy) is 1. The van der Waals surface area contributed by atoms with E-state index in [-0.39, 0.29) is 30.7 Å². The zero-order chi connectivity index (χ0) is 14.7. The van der Waals surface area contributed by atoms with E-state index < -0.39 is 0 Å². The lowest BCUT2D eigenvalue weighted by molar-refractivity contribution is -0.123. The molecular formula is C16H31Cl2N3O2. The number of carbonyl (C=O) groups excluding carboxylic acids is 1. The van der Waals surface area contributed by atoms with Crippen LogP contribution in [0.4, 0.5) is 0 Å². The van der Waals surface area contributed by atoms with Gasteiger partial charge < -0.3 is 15.4 Å². The molecule has 0 aromatic carbocycles. The average molecular weight is 368 g/mol. The quantitative estimate of drug-likeness (QED) is 0.745. The van der Waals surface area contributed by atoms with Crippen LogP contribution in [-0.4, -0.2) is 63.3 Å². The fraction of sp³-hybridized carbons (Fsp3) is 0.938. The Morgan fingerprint density at radius 3 is 2.78 bits per heavy atom. The second-order valence-corrected chi connectivity index (χ2v) is 6.94. The molecule has 1 saturated carbocycles. The lowest BCUT2D eigenvalue weighted by atomic mass is 9.92. The minimum atomic E-state index is 0. The van der Waals surface area contributed by atoms with E-state index in [0.717, 1.165) is 45.8 Å². The number of piperidine rings is 1. The fourth-order valence-corrected chi connectivity index (χ4v) is 4.17. The van der Waals surface area contributed by atoms with Gasteiger partial charge in [0.2, 0.25) is 5.91 Å². The fourth-order valence-electron chi connectivity index (χ4n) is 4.17. The number of likely N-dealkylation sites (tertiary alicyclic amines) is 1. The monoisotopic (exact) mass is 367 g/mol. The van der Waals surface area contributed by atoms with Crippen molar-refractivity contribution in [3.63, 3.8) is 0 Å². The molecule has 2 atom stereocenters. The van der Waals surface area contributed by atoms with Gasteiger partial charge >= 0.3 is 0 Å². The summed E-state index contributed by atoms with van der Waals surface area (Å²) in [5.74, 6) is 0.587. The van der Waals surface area contributed by atoms with Crippen LogP contribution < -0.4 is 10.6 Å². The Morgan fingerprint density at radius 1 is 1.35 bits per heavy atom. The highest BCUT2D eigenvalue weighted by Gasteiger charge is 2.57. The van der Waals surface area contributed by atoms with Crippen molar-refractivity contribution in [2.45, 2.75) is 38.1 Å². The lowest BCUT2D eigenvalue weighted by Gasteiger charge is -2.25. The van der Waals surface area contributed by atoms with Crippen LogP contribution in [0.5, 0.6) is 0 Å². The van der Waals surface area contributed by atoms with Crippen molar-refractivity contribution in [3.8, 4) is 0 Å². The first-order chi connectivity index (χ1) is 10.2. The number of hydrogen-bond donors (Lipinski definition) is 2. The van der Waals surface area contributed by atoms with Crippen molar-refractivity contribution in [1.29, 1.82) is 0 Å². The zero-order valence-corrected chi connectivity index (χ0v) is 15.6. The molecule has 3 rings (SSSR count). The number of amides is 1. The first-order valence-electron chi connectivity index (χ1n) is 8.47. The van der Waals surface area contributed by atoms with Crippen LogP contribution >= 0.6 is 24.8 Å².